The maximum Gasteiger partial charge on any atom is 0.411 e. The van der Waals surface area contributed by atoms with Gasteiger partial charge in [-0.05, 0) is 35.9 Å². The van der Waals surface area contributed by atoms with Crippen molar-refractivity contribution in [2.75, 3.05) is 24.7 Å². The molecule has 1 aliphatic rings. The SMILES string of the molecule is N#Cc1ccc(-c2ccc(CC(NC(=O)c3c(F)cc(N4CCOCC4C(F)(F)F)cc3F)C(=O)O)c3cccnc23)c(Cl)c1. The van der Waals surface area contributed by atoms with E-state index in [0.29, 0.717) is 50.3 Å². The number of aromatic nitrogens is 1. The summed E-state index contributed by atoms with van der Waals surface area (Å²) in [6.45, 7) is -1.14. The topological polar surface area (TPSA) is 116 Å². The number of benzene rings is 3. The number of nitrogens with one attached hydrogen (secondary N) is 1. The largest absolute Gasteiger partial charge is 0.480 e. The Hall–Kier alpha value is -4.80. The summed E-state index contributed by atoms with van der Waals surface area (Å²) in [6, 6.07) is 10.7. The van der Waals surface area contributed by atoms with Gasteiger partial charge >= 0.3 is 12.1 Å². The maximum absolute atomic E-state index is 15.1. The van der Waals surface area contributed by atoms with Crippen molar-refractivity contribution in [2.45, 2.75) is 24.7 Å². The zero-order valence-corrected chi connectivity index (χ0v) is 23.8. The van der Waals surface area contributed by atoms with Crippen LogP contribution in [-0.4, -0.2) is 60.0 Å². The highest BCUT2D eigenvalue weighted by Gasteiger charge is 2.46. The normalized spacial score (nSPS) is 15.8. The van der Waals surface area contributed by atoms with Crippen LogP contribution in [0.25, 0.3) is 22.0 Å². The zero-order valence-electron chi connectivity index (χ0n) is 23.0. The lowest BCUT2D eigenvalue weighted by Gasteiger charge is -2.38. The fourth-order valence-electron chi connectivity index (χ4n) is 5.21. The number of hydrogen-bond donors (Lipinski definition) is 2. The number of carboxylic acid groups (broad SMARTS) is 1. The molecule has 3 aromatic carbocycles. The molecule has 1 aliphatic heterocycles. The van der Waals surface area contributed by atoms with Crippen molar-refractivity contribution >= 4 is 40.1 Å². The van der Waals surface area contributed by atoms with E-state index in [-0.39, 0.29) is 19.6 Å². The Morgan fingerprint density at radius 2 is 1.84 bits per heavy atom. The molecule has 2 atom stereocenters. The molecule has 1 fully saturated rings. The van der Waals surface area contributed by atoms with Crippen LogP contribution in [0.1, 0.15) is 21.5 Å². The van der Waals surface area contributed by atoms with Gasteiger partial charge in [-0.1, -0.05) is 35.9 Å². The molecule has 1 saturated heterocycles. The summed E-state index contributed by atoms with van der Waals surface area (Å²) in [6.07, 6.45) is -3.54. The van der Waals surface area contributed by atoms with E-state index >= 15 is 8.78 Å². The predicted octanol–water partition coefficient (Wildman–Crippen LogP) is 5.90. The third kappa shape index (κ3) is 6.52. The van der Waals surface area contributed by atoms with Crippen LogP contribution in [-0.2, 0) is 16.0 Å². The average Bonchev–Trinajstić information content (AvgIpc) is 3.00. The van der Waals surface area contributed by atoms with Gasteiger partial charge in [-0.2, -0.15) is 18.4 Å². The van der Waals surface area contributed by atoms with Crippen LogP contribution in [0.2, 0.25) is 5.02 Å². The molecule has 0 aliphatic carbocycles. The van der Waals surface area contributed by atoms with E-state index in [1.165, 1.54) is 12.3 Å². The molecule has 0 bridgehead atoms. The number of hydrogen-bond acceptors (Lipinski definition) is 6. The summed E-state index contributed by atoms with van der Waals surface area (Å²) >= 11 is 6.41. The molecule has 2 N–H and O–H groups in total. The van der Waals surface area contributed by atoms with Gasteiger partial charge < -0.3 is 20.1 Å². The second-order valence-corrected chi connectivity index (χ2v) is 10.6. The van der Waals surface area contributed by atoms with E-state index in [2.05, 4.69) is 10.3 Å². The van der Waals surface area contributed by atoms with Crippen molar-refractivity contribution in [1.29, 1.82) is 5.26 Å². The molecule has 5 rings (SSSR count). The molecule has 8 nitrogen and oxygen atoms in total. The van der Waals surface area contributed by atoms with Gasteiger partial charge in [-0.3, -0.25) is 9.78 Å². The Morgan fingerprint density at radius 1 is 1.13 bits per heavy atom. The van der Waals surface area contributed by atoms with Crippen molar-refractivity contribution in [3.63, 3.8) is 0 Å². The number of pyridine rings is 1. The number of ether oxygens (including phenoxy) is 1. The summed E-state index contributed by atoms with van der Waals surface area (Å²) in [7, 11) is 0. The summed E-state index contributed by atoms with van der Waals surface area (Å²) < 4.78 is 75.5. The second kappa shape index (κ2) is 12.7. The van der Waals surface area contributed by atoms with Crippen molar-refractivity contribution in [2.24, 2.45) is 0 Å². The molecular formula is C31H22ClF5N4O4. The van der Waals surface area contributed by atoms with Crippen molar-refractivity contribution in [3.05, 3.63) is 94.1 Å². The number of carbonyl (C=O) groups excluding carboxylic acids is 1. The molecule has 45 heavy (non-hydrogen) atoms. The number of alkyl halides is 3. The van der Waals surface area contributed by atoms with Gasteiger partial charge in [0.1, 0.15) is 29.3 Å². The van der Waals surface area contributed by atoms with E-state index in [1.54, 1.807) is 36.4 Å². The standard InChI is InChI=1S/C31H22ClF5N4O4/c32-22-10-16(14-38)3-5-20(22)21-6-4-17(19-2-1-7-39-28(19)21)11-25(30(43)44)40-29(42)27-23(33)12-18(13-24(27)34)41-8-9-45-15-26(41)31(35,36)37/h1-7,10,12-13,25-26H,8-9,11,15H2,(H,40,42)(H,43,44). The number of carboxylic acids is 1. The molecule has 1 aromatic heterocycles. The van der Waals surface area contributed by atoms with Crippen LogP contribution in [0.4, 0.5) is 27.6 Å². The van der Waals surface area contributed by atoms with Crippen molar-refractivity contribution < 1.29 is 41.4 Å². The number of rotatable bonds is 7. The summed E-state index contributed by atoms with van der Waals surface area (Å²) in [5.41, 5.74) is 0.819. The van der Waals surface area contributed by atoms with Crippen LogP contribution in [0.5, 0.6) is 0 Å². The van der Waals surface area contributed by atoms with Gasteiger partial charge in [0.15, 0.2) is 0 Å². The third-order valence-corrected chi connectivity index (χ3v) is 7.68. The first kappa shape index (κ1) is 31.6. The van der Waals surface area contributed by atoms with Crippen LogP contribution in [0.3, 0.4) is 0 Å². The monoisotopic (exact) mass is 644 g/mol. The van der Waals surface area contributed by atoms with Gasteiger partial charge in [-0.15, -0.1) is 0 Å². The molecule has 0 radical (unpaired) electrons. The number of aliphatic carboxylic acids is 1. The number of amides is 1. The van der Waals surface area contributed by atoms with Gasteiger partial charge in [0.25, 0.3) is 5.91 Å². The minimum atomic E-state index is -4.75. The Kier molecular flexibility index (Phi) is 8.90. The highest BCUT2D eigenvalue weighted by molar-refractivity contribution is 6.33. The van der Waals surface area contributed by atoms with E-state index in [9.17, 15) is 27.9 Å². The van der Waals surface area contributed by atoms with E-state index < -0.39 is 59.6 Å². The second-order valence-electron chi connectivity index (χ2n) is 10.2. The average molecular weight is 645 g/mol. The summed E-state index contributed by atoms with van der Waals surface area (Å²) in [5, 5.41) is 22.0. The van der Waals surface area contributed by atoms with Gasteiger partial charge in [0.2, 0.25) is 0 Å². The number of fused-ring (bicyclic) bond motifs is 1. The molecule has 14 heteroatoms. The van der Waals surface area contributed by atoms with Gasteiger partial charge in [0, 0.05) is 46.4 Å². The van der Waals surface area contributed by atoms with Crippen molar-refractivity contribution in [3.8, 4) is 17.2 Å². The lowest BCUT2D eigenvalue weighted by Crippen LogP contribution is -2.53. The van der Waals surface area contributed by atoms with Crippen LogP contribution in [0, 0.1) is 23.0 Å². The van der Waals surface area contributed by atoms with Gasteiger partial charge in [0.05, 0.1) is 30.4 Å². The van der Waals surface area contributed by atoms with Crippen LogP contribution in [0.15, 0.2) is 60.8 Å². The molecular weight excluding hydrogens is 623 g/mol. The number of nitriles is 1. The minimum Gasteiger partial charge on any atom is -0.480 e. The van der Waals surface area contributed by atoms with E-state index in [4.69, 9.17) is 21.6 Å². The fraction of sp³-hybridized carbons (Fsp3) is 0.226. The molecule has 1 amide bonds. The molecule has 0 saturated carbocycles. The number of halogens is 6. The Balaban J connectivity index is 1.42. The first-order valence-corrected chi connectivity index (χ1v) is 13.8. The molecule has 0 spiro atoms. The summed E-state index contributed by atoms with van der Waals surface area (Å²) in [4.78, 5) is 30.3. The number of anilines is 1. The zero-order chi connectivity index (χ0) is 32.5. The maximum atomic E-state index is 15.1. The molecule has 4 aromatic rings. The van der Waals surface area contributed by atoms with Gasteiger partial charge in [-0.25, -0.2) is 13.6 Å². The van der Waals surface area contributed by atoms with Crippen molar-refractivity contribution in [1.82, 2.24) is 10.3 Å². The highest BCUT2D eigenvalue weighted by Crippen LogP contribution is 2.35. The summed E-state index contributed by atoms with van der Waals surface area (Å²) in [5.74, 6) is -5.82. The van der Waals surface area contributed by atoms with Crippen LogP contribution < -0.4 is 10.2 Å². The molecule has 232 valence electrons. The Bertz CT molecular complexity index is 1820. The van der Waals surface area contributed by atoms with E-state index in [1.807, 2.05) is 6.07 Å². The first-order valence-electron chi connectivity index (χ1n) is 13.4. The number of carbonyl (C=O) groups is 2. The molecule has 2 unspecified atom stereocenters. The third-order valence-electron chi connectivity index (χ3n) is 7.37. The quantitative estimate of drug-likeness (QED) is 0.241. The lowest BCUT2D eigenvalue weighted by molar-refractivity contribution is -0.167. The Labute approximate surface area is 257 Å². The lowest BCUT2D eigenvalue weighted by atomic mass is 9.94. The predicted molar refractivity (Wildman–Crippen MR) is 154 cm³/mol. The minimum absolute atomic E-state index is 0.107. The number of nitrogens with zero attached hydrogens (tertiary/aromatic N) is 3. The first-order chi connectivity index (χ1) is 21.4. The highest BCUT2D eigenvalue weighted by atomic mass is 35.5. The molecule has 2 heterocycles. The van der Waals surface area contributed by atoms with E-state index in [0.717, 1.165) is 4.90 Å². The van der Waals surface area contributed by atoms with Crippen LogP contribution >= 0.6 is 11.6 Å². The Morgan fingerprint density at radius 3 is 2.49 bits per heavy atom. The fourth-order valence-corrected chi connectivity index (χ4v) is 5.49. The smallest absolute Gasteiger partial charge is 0.411 e. The number of morpholine rings is 1.